The van der Waals surface area contributed by atoms with Crippen molar-refractivity contribution in [2.45, 2.75) is 38.6 Å². The lowest BCUT2D eigenvalue weighted by Gasteiger charge is -2.26. The van der Waals surface area contributed by atoms with Crippen molar-refractivity contribution in [3.63, 3.8) is 0 Å². The van der Waals surface area contributed by atoms with Crippen molar-refractivity contribution in [2.24, 2.45) is 22.2 Å². The van der Waals surface area contributed by atoms with E-state index in [4.69, 9.17) is 0 Å². The van der Waals surface area contributed by atoms with Gasteiger partial charge < -0.3 is 10.6 Å². The van der Waals surface area contributed by atoms with Crippen LogP contribution in [0.2, 0.25) is 0 Å². The van der Waals surface area contributed by atoms with Gasteiger partial charge in [-0.2, -0.15) is 0 Å². The van der Waals surface area contributed by atoms with E-state index in [0.717, 1.165) is 24.4 Å². The number of rotatable bonds is 5. The molecule has 2 aliphatic heterocycles. The summed E-state index contributed by atoms with van der Waals surface area (Å²) in [7, 11) is 0. The molecule has 106 valence electrons. The van der Waals surface area contributed by atoms with E-state index in [0.29, 0.717) is 5.41 Å². The largest absolute Gasteiger partial charge is 0.317 e. The molecule has 19 heavy (non-hydrogen) atoms. The standard InChI is InChI=1S/C16H27N3/c1-16(6-2-7-18-12-16)14-11-15(14)19-10-5-13-3-8-17-9-4-13/h2,6-7,13-15,17,19H,3-5,8-12H2,1H3/t14-,15-,16?/m0/s1. The number of hydrogen-bond acceptors (Lipinski definition) is 3. The molecule has 0 amide bonds. The summed E-state index contributed by atoms with van der Waals surface area (Å²) in [5.41, 5.74) is 0.307. The average Bonchev–Trinajstić information content (AvgIpc) is 3.21. The minimum absolute atomic E-state index is 0.307. The predicted molar refractivity (Wildman–Crippen MR) is 80.7 cm³/mol. The molecule has 3 heteroatoms. The van der Waals surface area contributed by atoms with Crippen LogP contribution in [0.15, 0.2) is 17.1 Å². The van der Waals surface area contributed by atoms with Gasteiger partial charge in [-0.05, 0) is 63.2 Å². The molecular weight excluding hydrogens is 234 g/mol. The van der Waals surface area contributed by atoms with Gasteiger partial charge in [0.15, 0.2) is 0 Å². The Kier molecular flexibility index (Phi) is 4.04. The second kappa shape index (κ2) is 5.76. The quantitative estimate of drug-likeness (QED) is 0.794. The summed E-state index contributed by atoms with van der Waals surface area (Å²) >= 11 is 0. The van der Waals surface area contributed by atoms with Gasteiger partial charge in [-0.1, -0.05) is 13.0 Å². The van der Waals surface area contributed by atoms with Gasteiger partial charge in [-0.3, -0.25) is 4.99 Å². The van der Waals surface area contributed by atoms with Gasteiger partial charge in [0.1, 0.15) is 0 Å². The highest BCUT2D eigenvalue weighted by Crippen LogP contribution is 2.47. The van der Waals surface area contributed by atoms with Gasteiger partial charge in [-0.15, -0.1) is 0 Å². The van der Waals surface area contributed by atoms with Crippen LogP contribution in [0.25, 0.3) is 0 Å². The molecule has 3 rings (SSSR count). The smallest absolute Gasteiger partial charge is 0.0480 e. The van der Waals surface area contributed by atoms with Gasteiger partial charge in [0.05, 0.1) is 0 Å². The fraction of sp³-hybridized carbons (Fsp3) is 0.812. The first-order chi connectivity index (χ1) is 9.28. The molecule has 1 saturated carbocycles. The molecule has 3 nitrogen and oxygen atoms in total. The normalized spacial score (nSPS) is 38.6. The van der Waals surface area contributed by atoms with Crippen LogP contribution in [0.3, 0.4) is 0 Å². The number of aliphatic imine (C=N–C) groups is 1. The Balaban J connectivity index is 1.36. The molecule has 2 fully saturated rings. The molecule has 0 radical (unpaired) electrons. The van der Waals surface area contributed by atoms with Gasteiger partial charge in [0.2, 0.25) is 0 Å². The third-order valence-electron chi connectivity index (χ3n) is 5.16. The second-order valence-corrected chi connectivity index (χ2v) is 6.74. The number of hydrogen-bond donors (Lipinski definition) is 2. The molecule has 0 bridgehead atoms. The van der Waals surface area contributed by atoms with Crippen LogP contribution in [-0.2, 0) is 0 Å². The summed E-state index contributed by atoms with van der Waals surface area (Å²) in [6.45, 7) is 6.98. The van der Waals surface area contributed by atoms with Crippen molar-refractivity contribution in [3.05, 3.63) is 12.2 Å². The van der Waals surface area contributed by atoms with Crippen molar-refractivity contribution in [1.82, 2.24) is 10.6 Å². The Labute approximate surface area is 117 Å². The van der Waals surface area contributed by atoms with Gasteiger partial charge >= 0.3 is 0 Å². The maximum Gasteiger partial charge on any atom is 0.0480 e. The van der Waals surface area contributed by atoms with Crippen molar-refractivity contribution < 1.29 is 0 Å². The van der Waals surface area contributed by atoms with Crippen molar-refractivity contribution in [3.8, 4) is 0 Å². The van der Waals surface area contributed by atoms with Crippen LogP contribution < -0.4 is 10.6 Å². The summed E-state index contributed by atoms with van der Waals surface area (Å²) in [6, 6.07) is 0.740. The van der Waals surface area contributed by atoms with Crippen LogP contribution >= 0.6 is 0 Å². The highest BCUT2D eigenvalue weighted by molar-refractivity contribution is 5.72. The highest BCUT2D eigenvalue weighted by Gasteiger charge is 2.48. The van der Waals surface area contributed by atoms with E-state index in [2.05, 4.69) is 34.7 Å². The molecule has 1 unspecified atom stereocenters. The lowest BCUT2D eigenvalue weighted by Crippen LogP contribution is -2.32. The lowest BCUT2D eigenvalue weighted by atomic mass is 9.83. The van der Waals surface area contributed by atoms with E-state index < -0.39 is 0 Å². The molecule has 0 aromatic rings. The van der Waals surface area contributed by atoms with Crippen LogP contribution in [0, 0.1) is 17.3 Å². The van der Waals surface area contributed by atoms with E-state index in [1.54, 1.807) is 0 Å². The Morgan fingerprint density at radius 3 is 2.95 bits per heavy atom. The zero-order valence-corrected chi connectivity index (χ0v) is 12.1. The summed E-state index contributed by atoms with van der Waals surface area (Å²) in [4.78, 5) is 4.43. The molecule has 1 aliphatic carbocycles. The fourth-order valence-electron chi connectivity index (χ4n) is 3.66. The number of dihydropyridines is 1. The Hall–Kier alpha value is -0.670. The maximum atomic E-state index is 4.43. The number of nitrogens with zero attached hydrogens (tertiary/aromatic N) is 1. The molecule has 2 N–H and O–H groups in total. The Morgan fingerprint density at radius 2 is 2.21 bits per heavy atom. The van der Waals surface area contributed by atoms with Crippen molar-refractivity contribution in [1.29, 1.82) is 0 Å². The van der Waals surface area contributed by atoms with Crippen molar-refractivity contribution in [2.75, 3.05) is 26.2 Å². The third kappa shape index (κ3) is 3.26. The first kappa shape index (κ1) is 13.3. The second-order valence-electron chi connectivity index (χ2n) is 6.74. The zero-order chi connectivity index (χ0) is 13.1. The van der Waals surface area contributed by atoms with E-state index >= 15 is 0 Å². The SMILES string of the molecule is CC1([C@H]2C[C@@H]2NCCC2CCNCC2)C=CC=NC1. The Bertz CT molecular complexity index is 357. The van der Waals surface area contributed by atoms with E-state index in [-0.39, 0.29) is 0 Å². The van der Waals surface area contributed by atoms with Crippen molar-refractivity contribution >= 4 is 6.21 Å². The molecule has 0 spiro atoms. The maximum absolute atomic E-state index is 4.43. The number of nitrogens with one attached hydrogen (secondary N) is 2. The molecule has 3 aliphatic rings. The lowest BCUT2D eigenvalue weighted by molar-refractivity contribution is 0.333. The minimum Gasteiger partial charge on any atom is -0.317 e. The van der Waals surface area contributed by atoms with E-state index in [9.17, 15) is 0 Å². The van der Waals surface area contributed by atoms with E-state index in [1.165, 1.54) is 45.3 Å². The first-order valence-electron chi connectivity index (χ1n) is 7.90. The van der Waals surface area contributed by atoms with Crippen LogP contribution in [-0.4, -0.2) is 38.4 Å². The Morgan fingerprint density at radius 1 is 1.37 bits per heavy atom. The summed E-state index contributed by atoms with van der Waals surface area (Å²) in [5.74, 6) is 1.75. The summed E-state index contributed by atoms with van der Waals surface area (Å²) in [5, 5.41) is 7.21. The number of piperidine rings is 1. The minimum atomic E-state index is 0.307. The summed E-state index contributed by atoms with van der Waals surface area (Å²) in [6.07, 6.45) is 11.8. The van der Waals surface area contributed by atoms with Gasteiger partial charge in [-0.25, -0.2) is 0 Å². The van der Waals surface area contributed by atoms with Gasteiger partial charge in [0.25, 0.3) is 0 Å². The molecule has 1 saturated heterocycles. The molecule has 2 heterocycles. The predicted octanol–water partition coefficient (Wildman–Crippen LogP) is 2.00. The third-order valence-corrected chi connectivity index (χ3v) is 5.16. The first-order valence-corrected chi connectivity index (χ1v) is 7.90. The van der Waals surface area contributed by atoms with Crippen LogP contribution in [0.1, 0.15) is 32.6 Å². The summed E-state index contributed by atoms with van der Waals surface area (Å²) < 4.78 is 0. The van der Waals surface area contributed by atoms with Crippen LogP contribution in [0.5, 0.6) is 0 Å². The monoisotopic (exact) mass is 261 g/mol. The fourth-order valence-corrected chi connectivity index (χ4v) is 3.66. The topological polar surface area (TPSA) is 36.4 Å². The number of allylic oxidation sites excluding steroid dienone is 1. The van der Waals surface area contributed by atoms with E-state index in [1.807, 2.05) is 6.21 Å². The van der Waals surface area contributed by atoms with Crippen LogP contribution in [0.4, 0.5) is 0 Å². The molecule has 3 atom stereocenters. The molecular formula is C16H27N3. The zero-order valence-electron chi connectivity index (χ0n) is 12.1. The van der Waals surface area contributed by atoms with Gasteiger partial charge in [0, 0.05) is 24.2 Å². The molecule has 0 aromatic heterocycles. The average molecular weight is 261 g/mol. The molecule has 0 aromatic carbocycles. The highest BCUT2D eigenvalue weighted by atomic mass is 15.0.